The van der Waals surface area contributed by atoms with Crippen molar-refractivity contribution in [3.05, 3.63) is 0 Å². The summed E-state index contributed by atoms with van der Waals surface area (Å²) in [4.78, 5) is 74.8. The number of nitrogens with two attached hydrogens (primary N) is 2. The van der Waals surface area contributed by atoms with E-state index in [4.69, 9.17) is 53.8 Å². The molecular weight excluding hydrogens is 742 g/mol. The second-order valence-corrected chi connectivity index (χ2v) is 19.6. The van der Waals surface area contributed by atoms with Gasteiger partial charge < -0.3 is 59.1 Å². The van der Waals surface area contributed by atoms with Gasteiger partial charge in [-0.3, -0.25) is 24.0 Å². The fourth-order valence-corrected chi connectivity index (χ4v) is 6.99. The molecule has 0 aromatic rings. The van der Waals surface area contributed by atoms with Crippen LogP contribution in [0.1, 0.15) is 87.5 Å². The van der Waals surface area contributed by atoms with E-state index >= 15 is 0 Å². The smallest absolute Gasteiger partial charge is 0.404 e. The maximum Gasteiger partial charge on any atom is 0.404 e. The molecule has 2 fully saturated rings. The number of carbonyl (C=O) groups is 6. The Kier molecular flexibility index (Phi) is 18.5. The summed E-state index contributed by atoms with van der Waals surface area (Å²) >= 11 is 0. The second-order valence-electron chi connectivity index (χ2n) is 14.9. The van der Waals surface area contributed by atoms with E-state index in [-0.39, 0.29) is 6.61 Å². The van der Waals surface area contributed by atoms with Crippen molar-refractivity contribution in [2.75, 3.05) is 13.2 Å². The van der Waals surface area contributed by atoms with Gasteiger partial charge in [0.15, 0.2) is 51.4 Å². The van der Waals surface area contributed by atoms with Crippen LogP contribution >= 0.6 is 0 Å². The molecule has 10 atom stereocenters. The molecule has 55 heavy (non-hydrogen) atoms. The summed E-state index contributed by atoms with van der Waals surface area (Å²) in [5.41, 5.74) is 11.4. The average Bonchev–Trinajstić information content (AvgIpc) is 3.04. The maximum absolute atomic E-state index is 13.0. The van der Waals surface area contributed by atoms with Gasteiger partial charge in [0.05, 0.1) is 0 Å². The molecule has 0 aromatic heterocycles. The zero-order valence-electron chi connectivity index (χ0n) is 33.5. The molecule has 19 heteroatoms. The first kappa shape index (κ1) is 47.3. The highest BCUT2D eigenvalue weighted by Crippen LogP contribution is 2.41. The molecule has 2 heterocycles. The van der Waals surface area contributed by atoms with Gasteiger partial charge >= 0.3 is 24.0 Å². The number of nitrogens with one attached hydrogen (secondary N) is 1. The number of esters is 3. The van der Waals surface area contributed by atoms with Gasteiger partial charge in [-0.25, -0.2) is 4.79 Å². The zero-order valence-corrected chi connectivity index (χ0v) is 34.5. The van der Waals surface area contributed by atoms with Crippen molar-refractivity contribution in [2.45, 2.75) is 167 Å². The van der Waals surface area contributed by atoms with Crippen LogP contribution in [0.25, 0.3) is 0 Å². The molecule has 0 radical (unpaired) electrons. The monoisotopic (exact) mass is 801 g/mol. The number of rotatable bonds is 17. The molecule has 312 valence electrons. The van der Waals surface area contributed by atoms with Crippen LogP contribution in [-0.2, 0) is 66.3 Å². The number of primary amides is 2. The van der Waals surface area contributed by atoms with Crippen LogP contribution in [-0.4, -0.2) is 119 Å². The number of hydrogen-bond donors (Lipinski definition) is 3. The summed E-state index contributed by atoms with van der Waals surface area (Å²) < 4.78 is 53.4. The van der Waals surface area contributed by atoms with Crippen LogP contribution < -0.4 is 16.8 Å². The Morgan fingerprint density at radius 2 is 1.40 bits per heavy atom. The van der Waals surface area contributed by atoms with Gasteiger partial charge in [-0.2, -0.15) is 0 Å². The molecule has 2 aliphatic rings. The average molecular weight is 802 g/mol. The Labute approximate surface area is 323 Å². The van der Waals surface area contributed by atoms with Crippen LogP contribution in [0.15, 0.2) is 0 Å². The van der Waals surface area contributed by atoms with Crippen LogP contribution in [0, 0.1) is 11.8 Å². The van der Waals surface area contributed by atoms with Crippen LogP contribution in [0.2, 0.25) is 18.1 Å². The molecule has 0 aromatic carbocycles. The molecule has 0 saturated carbocycles. The van der Waals surface area contributed by atoms with E-state index in [9.17, 15) is 28.8 Å². The molecule has 0 aliphatic carbocycles. The third-order valence-electron chi connectivity index (χ3n) is 9.23. The van der Waals surface area contributed by atoms with Crippen LogP contribution in [0.4, 0.5) is 4.79 Å². The maximum atomic E-state index is 13.0. The van der Waals surface area contributed by atoms with Crippen molar-refractivity contribution in [1.82, 2.24) is 5.32 Å². The summed E-state index contributed by atoms with van der Waals surface area (Å²) in [6, 6.07) is -1.43. The lowest BCUT2D eigenvalue weighted by molar-refractivity contribution is -0.346. The Morgan fingerprint density at radius 3 is 1.93 bits per heavy atom. The Balaban J connectivity index is 2.77. The second kappa shape index (κ2) is 21.5. The van der Waals surface area contributed by atoms with E-state index < -0.39 is 117 Å². The Bertz CT molecular complexity index is 1410. The first-order valence-corrected chi connectivity index (χ1v) is 21.2. The summed E-state index contributed by atoms with van der Waals surface area (Å²) in [5, 5.41) is 2.18. The molecule has 0 spiro atoms. The minimum absolute atomic E-state index is 0.235. The van der Waals surface area contributed by atoms with E-state index in [1.165, 1.54) is 6.92 Å². The standard InChI is InChI=1S/C36H59N3O15Si/c1-11-12-13-14-15-16-17-18-46-34-31(28(53-35(38)45)29(30(51-34)32(37)44)54-55(9,10)36(6,7)8)52-33-25(39-20(2)40)27(49-23(5)43)26(48-22(4)42)24(50-33)19-47-21(3)41/h24-31,33-34H,11-15,18-19H2,1-10H3,(H2,37,44)(H2,38,45)(H,39,40)/t24-,25-,26-,27-,28+,29+,30+,31-,33+,34-/m1/s1. The highest BCUT2D eigenvalue weighted by Gasteiger charge is 2.58. The van der Waals surface area contributed by atoms with Crippen molar-refractivity contribution in [3.8, 4) is 11.8 Å². The first-order chi connectivity index (χ1) is 25.6. The van der Waals surface area contributed by atoms with E-state index in [2.05, 4.69) is 24.1 Å². The summed E-state index contributed by atoms with van der Waals surface area (Å²) in [6.45, 7) is 15.4. The third-order valence-corrected chi connectivity index (χ3v) is 13.7. The molecule has 2 saturated heterocycles. The van der Waals surface area contributed by atoms with Crippen molar-refractivity contribution in [3.63, 3.8) is 0 Å². The van der Waals surface area contributed by atoms with Gasteiger partial charge in [-0.05, 0) is 24.6 Å². The predicted octanol–water partition coefficient (Wildman–Crippen LogP) is 2.08. The number of unbranched alkanes of at least 4 members (excludes halogenated alkanes) is 4. The molecule has 0 bridgehead atoms. The van der Waals surface area contributed by atoms with Crippen LogP contribution in [0.3, 0.4) is 0 Å². The predicted molar refractivity (Wildman–Crippen MR) is 196 cm³/mol. The van der Waals surface area contributed by atoms with E-state index in [1.54, 1.807) is 0 Å². The highest BCUT2D eigenvalue weighted by molar-refractivity contribution is 6.74. The molecule has 2 rings (SSSR count). The van der Waals surface area contributed by atoms with E-state index in [0.717, 1.165) is 46.5 Å². The van der Waals surface area contributed by atoms with Gasteiger partial charge in [0, 0.05) is 34.1 Å². The van der Waals surface area contributed by atoms with Crippen LogP contribution in [0.5, 0.6) is 0 Å². The number of hydrogen-bond acceptors (Lipinski definition) is 15. The third kappa shape index (κ3) is 14.7. The fraction of sp³-hybridized carbons (Fsp3) is 0.778. The number of amides is 3. The minimum atomic E-state index is -2.83. The normalized spacial score (nSPS) is 28.1. The zero-order chi connectivity index (χ0) is 41.7. The Morgan fingerprint density at radius 1 is 0.764 bits per heavy atom. The van der Waals surface area contributed by atoms with Crippen molar-refractivity contribution >= 4 is 44.1 Å². The minimum Gasteiger partial charge on any atom is -0.463 e. The van der Waals surface area contributed by atoms with Gasteiger partial charge in [0.1, 0.15) is 31.5 Å². The SMILES string of the molecule is CCCCCCC#CCO[C@@H]1O[C@H](C(N)=O)[C@@H](O[Si](C)(C)C(C)(C)C)[C@H](OC(N)=O)[C@H]1O[C@@H]1O[C@H](COC(C)=O)[C@@H](OC(C)=O)[C@H](OC(C)=O)[C@H]1NC(C)=O. The molecular formula is C36H59N3O15Si. The lowest BCUT2D eigenvalue weighted by Gasteiger charge is -2.50. The Hall–Kier alpha value is -3.80. The molecule has 0 unspecified atom stereocenters. The van der Waals surface area contributed by atoms with Crippen molar-refractivity contribution in [1.29, 1.82) is 0 Å². The van der Waals surface area contributed by atoms with Gasteiger partial charge in [-0.1, -0.05) is 52.9 Å². The lowest BCUT2D eigenvalue weighted by Crippen LogP contribution is -2.70. The lowest BCUT2D eigenvalue weighted by atomic mass is 9.94. The van der Waals surface area contributed by atoms with Crippen molar-refractivity contribution < 1.29 is 71.1 Å². The van der Waals surface area contributed by atoms with Gasteiger partial charge in [-0.15, -0.1) is 5.92 Å². The molecule has 2 aliphatic heterocycles. The highest BCUT2D eigenvalue weighted by atomic mass is 28.4. The van der Waals surface area contributed by atoms with E-state index in [1.807, 2.05) is 33.9 Å². The topological polar surface area (TPSA) is 250 Å². The van der Waals surface area contributed by atoms with E-state index in [0.29, 0.717) is 6.42 Å². The number of ether oxygens (including phenoxy) is 8. The molecule has 3 amide bonds. The summed E-state index contributed by atoms with van der Waals surface area (Å²) in [6.07, 6.45) is -10.2. The summed E-state index contributed by atoms with van der Waals surface area (Å²) in [5.74, 6) is 1.96. The summed E-state index contributed by atoms with van der Waals surface area (Å²) in [7, 11) is -2.83. The van der Waals surface area contributed by atoms with Gasteiger partial charge in [0.2, 0.25) is 11.8 Å². The first-order valence-electron chi connectivity index (χ1n) is 18.3. The fourth-order valence-electron chi connectivity index (χ4n) is 5.70. The number of carbonyl (C=O) groups excluding carboxylic acids is 6. The van der Waals surface area contributed by atoms with Gasteiger partial charge in [0.25, 0.3) is 0 Å². The molecule has 18 nitrogen and oxygen atoms in total. The largest absolute Gasteiger partial charge is 0.463 e. The quantitative estimate of drug-likeness (QED) is 0.0626. The van der Waals surface area contributed by atoms with Crippen molar-refractivity contribution in [2.24, 2.45) is 11.5 Å². The molecule has 5 N–H and O–H groups in total.